The van der Waals surface area contributed by atoms with E-state index < -0.39 is 5.97 Å². The zero-order valence-electron chi connectivity index (χ0n) is 8.54. The average molecular weight is 205 g/mol. The molecule has 0 aliphatic heterocycles. The topological polar surface area (TPSA) is 49.3 Å². The van der Waals surface area contributed by atoms with Crippen LogP contribution in [0.15, 0.2) is 0 Å². The van der Waals surface area contributed by atoms with Gasteiger partial charge in [0.2, 0.25) is 0 Å². The summed E-state index contributed by atoms with van der Waals surface area (Å²) in [6.45, 7) is 4.97. The summed E-state index contributed by atoms with van der Waals surface area (Å²) in [6.07, 6.45) is 3.38. The van der Waals surface area contributed by atoms with E-state index >= 15 is 0 Å². The van der Waals surface area contributed by atoms with Crippen molar-refractivity contribution in [3.63, 3.8) is 0 Å². The third-order valence-electron chi connectivity index (χ3n) is 1.93. The van der Waals surface area contributed by atoms with Gasteiger partial charge in [-0.05, 0) is 26.1 Å². The Labute approximate surface area is 84.3 Å². The standard InChI is InChI=1S/C9H19NO2S/c1-7(6-9(11)12)10-5-4-8(2)13-3/h7-8,10H,4-6H2,1-3H3,(H,11,12). The van der Waals surface area contributed by atoms with E-state index in [9.17, 15) is 4.79 Å². The molecule has 13 heavy (non-hydrogen) atoms. The van der Waals surface area contributed by atoms with Crippen LogP contribution in [-0.2, 0) is 4.79 Å². The smallest absolute Gasteiger partial charge is 0.304 e. The number of rotatable bonds is 7. The van der Waals surface area contributed by atoms with Gasteiger partial charge in [-0.25, -0.2) is 0 Å². The maximum atomic E-state index is 10.3. The molecule has 0 aromatic rings. The molecule has 0 heterocycles. The molecule has 4 heteroatoms. The van der Waals surface area contributed by atoms with Gasteiger partial charge in [0.1, 0.15) is 0 Å². The Morgan fingerprint density at radius 3 is 2.62 bits per heavy atom. The van der Waals surface area contributed by atoms with Crippen molar-refractivity contribution in [2.24, 2.45) is 0 Å². The largest absolute Gasteiger partial charge is 0.481 e. The zero-order chi connectivity index (χ0) is 10.3. The van der Waals surface area contributed by atoms with Crippen LogP contribution in [-0.4, -0.2) is 35.2 Å². The summed E-state index contributed by atoms with van der Waals surface area (Å²) < 4.78 is 0. The van der Waals surface area contributed by atoms with E-state index in [1.165, 1.54) is 0 Å². The van der Waals surface area contributed by atoms with Crippen LogP contribution in [0.3, 0.4) is 0 Å². The Balaban J connectivity index is 3.36. The van der Waals surface area contributed by atoms with Crippen molar-refractivity contribution in [1.29, 1.82) is 0 Å². The molecule has 2 atom stereocenters. The van der Waals surface area contributed by atoms with Gasteiger partial charge < -0.3 is 10.4 Å². The Kier molecular flexibility index (Phi) is 7.09. The fourth-order valence-corrected chi connectivity index (χ4v) is 1.34. The lowest BCUT2D eigenvalue weighted by molar-refractivity contribution is -0.137. The molecule has 0 fully saturated rings. The fourth-order valence-electron chi connectivity index (χ4n) is 0.985. The monoisotopic (exact) mass is 205 g/mol. The van der Waals surface area contributed by atoms with E-state index in [0.29, 0.717) is 5.25 Å². The molecule has 2 N–H and O–H groups in total. The molecule has 3 nitrogen and oxygen atoms in total. The van der Waals surface area contributed by atoms with E-state index in [4.69, 9.17) is 5.11 Å². The second-order valence-corrected chi connectivity index (χ2v) is 4.56. The van der Waals surface area contributed by atoms with Crippen LogP contribution in [0.1, 0.15) is 26.7 Å². The Bertz CT molecular complexity index is 153. The number of nitrogens with one attached hydrogen (secondary N) is 1. The first-order valence-corrected chi connectivity index (χ1v) is 5.83. The van der Waals surface area contributed by atoms with E-state index in [1.807, 2.05) is 18.7 Å². The quantitative estimate of drug-likeness (QED) is 0.662. The summed E-state index contributed by atoms with van der Waals surface area (Å²) in [5.41, 5.74) is 0. The van der Waals surface area contributed by atoms with Crippen LogP contribution >= 0.6 is 11.8 Å². The summed E-state index contributed by atoms with van der Waals surface area (Å²) in [4.78, 5) is 10.3. The van der Waals surface area contributed by atoms with Gasteiger partial charge in [-0.1, -0.05) is 6.92 Å². The Morgan fingerprint density at radius 1 is 1.54 bits per heavy atom. The molecule has 0 spiro atoms. The molecule has 0 aliphatic rings. The van der Waals surface area contributed by atoms with Crippen molar-refractivity contribution in [2.45, 2.75) is 38.0 Å². The van der Waals surface area contributed by atoms with Crippen molar-refractivity contribution in [2.75, 3.05) is 12.8 Å². The number of carboxylic acids is 1. The molecule has 2 unspecified atom stereocenters. The molecule has 0 saturated heterocycles. The number of hydrogen-bond acceptors (Lipinski definition) is 3. The van der Waals surface area contributed by atoms with Crippen LogP contribution in [0.5, 0.6) is 0 Å². The zero-order valence-corrected chi connectivity index (χ0v) is 9.36. The van der Waals surface area contributed by atoms with E-state index in [1.54, 1.807) is 0 Å². The Morgan fingerprint density at radius 2 is 2.15 bits per heavy atom. The van der Waals surface area contributed by atoms with Crippen LogP contribution in [0.25, 0.3) is 0 Å². The van der Waals surface area contributed by atoms with Crippen LogP contribution < -0.4 is 5.32 Å². The number of carbonyl (C=O) groups is 1. The third kappa shape index (κ3) is 8.12. The van der Waals surface area contributed by atoms with Crippen LogP contribution in [0.2, 0.25) is 0 Å². The van der Waals surface area contributed by atoms with Crippen molar-refractivity contribution in [3.05, 3.63) is 0 Å². The van der Waals surface area contributed by atoms with E-state index in [0.717, 1.165) is 13.0 Å². The maximum absolute atomic E-state index is 10.3. The molecule has 0 aromatic heterocycles. The molecule has 0 radical (unpaired) electrons. The molecule has 0 aliphatic carbocycles. The SMILES string of the molecule is CSC(C)CCNC(C)CC(=O)O. The van der Waals surface area contributed by atoms with Gasteiger partial charge in [0.25, 0.3) is 0 Å². The van der Waals surface area contributed by atoms with Crippen molar-refractivity contribution >= 4 is 17.7 Å². The lowest BCUT2D eigenvalue weighted by Gasteiger charge is -2.13. The summed E-state index contributed by atoms with van der Waals surface area (Å²) in [5, 5.41) is 12.3. The van der Waals surface area contributed by atoms with Gasteiger partial charge in [0.05, 0.1) is 6.42 Å². The highest BCUT2D eigenvalue weighted by Crippen LogP contribution is 2.08. The fraction of sp³-hybridized carbons (Fsp3) is 0.889. The molecule has 0 aromatic carbocycles. The van der Waals surface area contributed by atoms with Gasteiger partial charge in [-0.3, -0.25) is 4.79 Å². The first-order valence-electron chi connectivity index (χ1n) is 4.54. The molecular weight excluding hydrogens is 186 g/mol. The summed E-state index contributed by atoms with van der Waals surface area (Å²) in [7, 11) is 0. The van der Waals surface area contributed by atoms with Gasteiger partial charge in [0, 0.05) is 11.3 Å². The molecule has 0 saturated carbocycles. The second kappa shape index (κ2) is 7.21. The highest BCUT2D eigenvalue weighted by Gasteiger charge is 2.06. The number of hydrogen-bond donors (Lipinski definition) is 2. The van der Waals surface area contributed by atoms with Crippen molar-refractivity contribution < 1.29 is 9.90 Å². The minimum atomic E-state index is -0.738. The first-order chi connectivity index (χ1) is 6.06. The van der Waals surface area contributed by atoms with Gasteiger partial charge >= 0.3 is 5.97 Å². The van der Waals surface area contributed by atoms with Crippen LogP contribution in [0.4, 0.5) is 0 Å². The summed E-state index contributed by atoms with van der Waals surface area (Å²) in [6, 6.07) is 0.0755. The van der Waals surface area contributed by atoms with Gasteiger partial charge in [0.15, 0.2) is 0 Å². The number of carboxylic acid groups (broad SMARTS) is 1. The predicted molar refractivity (Wildman–Crippen MR) is 57.3 cm³/mol. The molecular formula is C9H19NO2S. The molecule has 0 amide bonds. The van der Waals surface area contributed by atoms with E-state index in [2.05, 4.69) is 18.5 Å². The molecule has 0 bridgehead atoms. The highest BCUT2D eigenvalue weighted by molar-refractivity contribution is 7.99. The lowest BCUT2D eigenvalue weighted by atomic mass is 10.2. The summed E-state index contributed by atoms with van der Waals surface area (Å²) >= 11 is 1.83. The summed E-state index contributed by atoms with van der Waals surface area (Å²) in [5.74, 6) is -0.738. The lowest BCUT2D eigenvalue weighted by Crippen LogP contribution is -2.30. The van der Waals surface area contributed by atoms with Gasteiger partial charge in [-0.15, -0.1) is 0 Å². The second-order valence-electron chi connectivity index (χ2n) is 3.29. The maximum Gasteiger partial charge on any atom is 0.304 e. The minimum Gasteiger partial charge on any atom is -0.481 e. The minimum absolute atomic E-state index is 0.0755. The molecule has 78 valence electrons. The first kappa shape index (κ1) is 12.8. The van der Waals surface area contributed by atoms with Crippen molar-refractivity contribution in [3.8, 4) is 0 Å². The number of thioether (sulfide) groups is 1. The van der Waals surface area contributed by atoms with Gasteiger partial charge in [-0.2, -0.15) is 11.8 Å². The molecule has 0 rings (SSSR count). The van der Waals surface area contributed by atoms with Crippen molar-refractivity contribution in [1.82, 2.24) is 5.32 Å². The Hall–Kier alpha value is -0.220. The highest BCUT2D eigenvalue weighted by atomic mass is 32.2. The normalized spacial score (nSPS) is 15.3. The van der Waals surface area contributed by atoms with E-state index in [-0.39, 0.29) is 12.5 Å². The number of aliphatic carboxylic acids is 1. The average Bonchev–Trinajstić information content (AvgIpc) is 2.02. The predicted octanol–water partition coefficient (Wildman–Crippen LogP) is 1.58. The third-order valence-corrected chi connectivity index (χ3v) is 2.97. The van der Waals surface area contributed by atoms with Crippen LogP contribution in [0, 0.1) is 0 Å².